The van der Waals surface area contributed by atoms with Gasteiger partial charge in [-0.05, 0) is 60.0 Å². The van der Waals surface area contributed by atoms with Gasteiger partial charge in [-0.15, -0.1) is 0 Å². The van der Waals surface area contributed by atoms with E-state index in [0.717, 1.165) is 12.8 Å². The Kier molecular flexibility index (Phi) is 12.2. The molecular weight excluding hydrogens is 810 g/mol. The molecule has 2 aliphatic heterocycles. The van der Waals surface area contributed by atoms with Gasteiger partial charge in [-0.2, -0.15) is 0 Å². The average Bonchev–Trinajstić information content (AvgIpc) is 3.39. The van der Waals surface area contributed by atoms with Gasteiger partial charge in [-0.3, -0.25) is 0 Å². The number of carbonyl (C=O) groups excluding carboxylic acids is 2. The number of piperidine rings is 1. The van der Waals surface area contributed by atoms with Crippen molar-refractivity contribution in [3.63, 3.8) is 0 Å². The molecule has 2 saturated heterocycles. The number of anilines is 3. The highest BCUT2D eigenvalue weighted by atomic mass is 79.9. The summed E-state index contributed by atoms with van der Waals surface area (Å²) in [6, 6.07) is 10.1. The number of aromatic nitrogens is 4. The zero-order valence-electron chi connectivity index (χ0n) is 27.6. The Labute approximate surface area is 322 Å². The molecule has 2 aliphatic rings. The second-order valence-electron chi connectivity index (χ2n) is 11.8. The van der Waals surface area contributed by atoms with E-state index in [1.54, 1.807) is 36.4 Å². The number of benzene rings is 2. The van der Waals surface area contributed by atoms with Crippen molar-refractivity contribution in [2.24, 2.45) is 11.1 Å². The second kappa shape index (κ2) is 16.0. The molecule has 13 nitrogen and oxygen atoms in total. The maximum Gasteiger partial charge on any atom is 0.359 e. The molecular formula is C33H33BrCl4N8O5. The van der Waals surface area contributed by atoms with Gasteiger partial charge in [-0.1, -0.05) is 58.5 Å². The lowest BCUT2D eigenvalue weighted by Crippen LogP contribution is -2.51. The van der Waals surface area contributed by atoms with Crippen LogP contribution in [0.1, 0.15) is 40.7 Å². The van der Waals surface area contributed by atoms with Crippen molar-refractivity contribution in [1.82, 2.24) is 19.9 Å². The predicted molar refractivity (Wildman–Crippen MR) is 201 cm³/mol. The third-order valence-corrected chi connectivity index (χ3v) is 11.3. The zero-order chi connectivity index (χ0) is 37.2. The molecule has 51 heavy (non-hydrogen) atoms. The number of esters is 2. The summed E-state index contributed by atoms with van der Waals surface area (Å²) >= 11 is 27.7. The number of halogens is 5. The maximum atomic E-state index is 12.6. The third kappa shape index (κ3) is 7.82. The monoisotopic (exact) mass is 840 g/mol. The number of methoxy groups -OCH3 is 2. The first-order valence-corrected chi connectivity index (χ1v) is 17.7. The van der Waals surface area contributed by atoms with Gasteiger partial charge in [-0.25, -0.2) is 29.5 Å². The Bertz CT molecular complexity index is 1980. The van der Waals surface area contributed by atoms with Crippen molar-refractivity contribution in [3.8, 4) is 22.8 Å². The van der Waals surface area contributed by atoms with Gasteiger partial charge < -0.3 is 36.3 Å². The summed E-state index contributed by atoms with van der Waals surface area (Å²) in [7, 11) is 2.55. The molecule has 0 amide bonds. The highest BCUT2D eigenvalue weighted by Gasteiger charge is 2.48. The molecule has 2 fully saturated rings. The van der Waals surface area contributed by atoms with Gasteiger partial charge in [0, 0.05) is 35.7 Å². The Morgan fingerprint density at radius 2 is 1.33 bits per heavy atom. The Balaban J connectivity index is 0.000000218. The van der Waals surface area contributed by atoms with Crippen molar-refractivity contribution in [3.05, 3.63) is 72.3 Å². The molecule has 0 saturated carbocycles. The number of rotatable bonds is 5. The van der Waals surface area contributed by atoms with Gasteiger partial charge >= 0.3 is 11.9 Å². The van der Waals surface area contributed by atoms with Crippen molar-refractivity contribution in [2.45, 2.75) is 31.9 Å². The molecule has 2 aromatic carbocycles. The standard InChI is InChI=1S/C21H25Cl2N5O3.C12H8BrCl2N3O2/c1-11-17(24)21(10-31-11)6-8-28(9-7-21)16-15(20(29)30-2)26-19(27-18(16)25)12-4-3-5-13(22)14(12)23;1-20-12(19)9-7(13)10(16)18-11(17-9)5-3-2-4-6(14)8(5)15/h3-5,11,17H,6-10,24H2,1-2H3,(H2,25,26,27);2-4H,1H3,(H2,16,17,18)/t11-,17+;/m0./s1. The summed E-state index contributed by atoms with van der Waals surface area (Å²) in [6.45, 7) is 3.95. The molecule has 0 radical (unpaired) electrons. The minimum absolute atomic E-state index is 0.0179. The molecule has 270 valence electrons. The van der Waals surface area contributed by atoms with Crippen LogP contribution in [-0.2, 0) is 14.2 Å². The van der Waals surface area contributed by atoms with E-state index in [0.29, 0.717) is 46.6 Å². The van der Waals surface area contributed by atoms with Gasteiger partial charge in [0.2, 0.25) is 0 Å². The molecule has 0 aliphatic carbocycles. The zero-order valence-corrected chi connectivity index (χ0v) is 32.2. The molecule has 0 unspecified atom stereocenters. The fraction of sp³-hybridized carbons (Fsp3) is 0.333. The van der Waals surface area contributed by atoms with Gasteiger partial charge in [0.15, 0.2) is 28.9 Å². The molecule has 6 rings (SSSR count). The van der Waals surface area contributed by atoms with Crippen LogP contribution in [0.3, 0.4) is 0 Å². The molecule has 0 bridgehead atoms. The first-order chi connectivity index (χ1) is 24.2. The van der Waals surface area contributed by atoms with Crippen LogP contribution in [0.2, 0.25) is 20.1 Å². The fourth-order valence-electron chi connectivity index (χ4n) is 5.96. The topological polar surface area (TPSA) is 195 Å². The average molecular weight is 843 g/mol. The predicted octanol–water partition coefficient (Wildman–Crippen LogP) is 6.73. The third-order valence-electron chi connectivity index (χ3n) is 8.85. The number of hydrogen-bond donors (Lipinski definition) is 3. The Hall–Kier alpha value is -3.50. The first-order valence-electron chi connectivity index (χ1n) is 15.4. The summed E-state index contributed by atoms with van der Waals surface area (Å²) < 4.78 is 15.7. The van der Waals surface area contributed by atoms with E-state index in [1.165, 1.54) is 14.2 Å². The summed E-state index contributed by atoms with van der Waals surface area (Å²) in [4.78, 5) is 43.4. The van der Waals surface area contributed by atoms with Crippen molar-refractivity contribution in [1.29, 1.82) is 0 Å². The van der Waals surface area contributed by atoms with Crippen LogP contribution in [0.5, 0.6) is 0 Å². The SMILES string of the molecule is COC(=O)c1nc(-c2cccc(Cl)c2Cl)nc(N)c1Br.COC(=O)c1nc(-c2cccc(Cl)c2Cl)nc(N)c1N1CCC2(CC1)CO[C@@H](C)[C@H]2N. The van der Waals surface area contributed by atoms with Gasteiger partial charge in [0.05, 0.1) is 51.5 Å². The second-order valence-corrected chi connectivity index (χ2v) is 14.2. The van der Waals surface area contributed by atoms with E-state index in [9.17, 15) is 9.59 Å². The summed E-state index contributed by atoms with van der Waals surface area (Å²) in [5.41, 5.74) is 20.0. The number of nitrogens with two attached hydrogens (primary N) is 3. The lowest BCUT2D eigenvalue weighted by atomic mass is 9.73. The number of carbonyl (C=O) groups is 2. The minimum Gasteiger partial charge on any atom is -0.464 e. The van der Waals surface area contributed by atoms with Crippen molar-refractivity contribution in [2.75, 3.05) is 50.3 Å². The van der Waals surface area contributed by atoms with Crippen molar-refractivity contribution < 1.29 is 23.8 Å². The number of ether oxygens (including phenoxy) is 3. The summed E-state index contributed by atoms with van der Waals surface area (Å²) in [6.07, 6.45) is 1.67. The smallest absolute Gasteiger partial charge is 0.359 e. The molecule has 2 atom stereocenters. The van der Waals surface area contributed by atoms with E-state index < -0.39 is 11.9 Å². The number of hydrogen-bond acceptors (Lipinski definition) is 13. The molecule has 4 heterocycles. The van der Waals surface area contributed by atoms with E-state index in [1.807, 2.05) is 11.8 Å². The number of nitrogens with zero attached hydrogens (tertiary/aromatic N) is 5. The van der Waals surface area contributed by atoms with E-state index in [2.05, 4.69) is 40.6 Å². The van der Waals surface area contributed by atoms with Crippen LogP contribution in [0.15, 0.2) is 40.9 Å². The van der Waals surface area contributed by atoms with Crippen molar-refractivity contribution >= 4 is 91.6 Å². The van der Waals surface area contributed by atoms with Crippen LogP contribution in [0, 0.1) is 5.41 Å². The first kappa shape index (κ1) is 38.7. The van der Waals surface area contributed by atoms with Crippen LogP contribution in [-0.4, -0.2) is 77.9 Å². The molecule has 6 N–H and O–H groups in total. The summed E-state index contributed by atoms with van der Waals surface area (Å²) in [5, 5.41) is 1.28. The minimum atomic E-state index is -0.634. The van der Waals surface area contributed by atoms with E-state index in [-0.39, 0.29) is 66.8 Å². The molecule has 18 heteroatoms. The molecule has 4 aromatic rings. The normalized spacial score (nSPS) is 17.9. The van der Waals surface area contributed by atoms with Gasteiger partial charge in [0.1, 0.15) is 11.5 Å². The Morgan fingerprint density at radius 1 is 0.843 bits per heavy atom. The maximum absolute atomic E-state index is 12.6. The largest absolute Gasteiger partial charge is 0.464 e. The van der Waals surface area contributed by atoms with Crippen LogP contribution in [0.25, 0.3) is 22.8 Å². The summed E-state index contributed by atoms with van der Waals surface area (Å²) in [5.74, 6) is -0.547. The highest BCUT2D eigenvalue weighted by Crippen LogP contribution is 2.43. The lowest BCUT2D eigenvalue weighted by Gasteiger charge is -2.42. The van der Waals surface area contributed by atoms with E-state index in [4.69, 9.17) is 73.1 Å². The Morgan fingerprint density at radius 3 is 1.82 bits per heavy atom. The fourth-order valence-corrected chi connectivity index (χ4v) is 7.07. The van der Waals surface area contributed by atoms with E-state index >= 15 is 0 Å². The van der Waals surface area contributed by atoms with Crippen LogP contribution >= 0.6 is 62.3 Å². The number of nitrogen functional groups attached to an aromatic ring is 2. The highest BCUT2D eigenvalue weighted by molar-refractivity contribution is 9.10. The lowest BCUT2D eigenvalue weighted by molar-refractivity contribution is 0.0585. The van der Waals surface area contributed by atoms with Crippen LogP contribution < -0.4 is 22.1 Å². The molecule has 2 aromatic heterocycles. The molecule has 1 spiro atoms. The van der Waals surface area contributed by atoms with Crippen LogP contribution in [0.4, 0.5) is 17.3 Å². The van der Waals surface area contributed by atoms with Gasteiger partial charge in [0.25, 0.3) is 0 Å². The quantitative estimate of drug-likeness (QED) is 0.179.